The summed E-state index contributed by atoms with van der Waals surface area (Å²) in [4.78, 5) is 16.3. The van der Waals surface area contributed by atoms with Crippen LogP contribution < -0.4 is 16.2 Å². The fraction of sp³-hybridized carbons (Fsp3) is 0.412. The summed E-state index contributed by atoms with van der Waals surface area (Å²) in [5.74, 6) is 0.310. The summed E-state index contributed by atoms with van der Waals surface area (Å²) in [6.45, 7) is 2.56. The summed E-state index contributed by atoms with van der Waals surface area (Å²) in [6.07, 6.45) is 0.633. The molecule has 1 aromatic carbocycles. The van der Waals surface area contributed by atoms with Crippen molar-refractivity contribution in [2.24, 2.45) is 0 Å². The van der Waals surface area contributed by atoms with Crippen molar-refractivity contribution in [2.75, 3.05) is 32.2 Å². The van der Waals surface area contributed by atoms with Gasteiger partial charge in [-0.05, 0) is 24.1 Å². The van der Waals surface area contributed by atoms with Crippen molar-refractivity contribution in [2.45, 2.75) is 19.1 Å². The van der Waals surface area contributed by atoms with Gasteiger partial charge in [0, 0.05) is 23.9 Å². The monoisotopic (exact) mass is 329 g/mol. The Morgan fingerprint density at radius 2 is 2.25 bits per heavy atom. The van der Waals surface area contributed by atoms with Crippen LogP contribution in [0.5, 0.6) is 5.88 Å². The molecule has 0 aliphatic carbocycles. The number of ether oxygens (including phenoxy) is 3. The summed E-state index contributed by atoms with van der Waals surface area (Å²) in [5.41, 5.74) is 9.23. The topological polar surface area (TPSA) is 88.6 Å². The molecule has 7 heteroatoms. The lowest BCUT2D eigenvalue weighted by Crippen LogP contribution is -2.34. The molecule has 126 valence electrons. The molecule has 1 fully saturated rings. The van der Waals surface area contributed by atoms with E-state index in [1.807, 2.05) is 18.2 Å². The molecule has 2 aromatic rings. The SMILES string of the molecule is Nc1ccc2c(c1)CCn1c-2cc(OC[C@@H]2COCCO2)nc1=O. The lowest BCUT2D eigenvalue weighted by molar-refractivity contribution is -0.102. The van der Waals surface area contributed by atoms with Gasteiger partial charge in [-0.15, -0.1) is 0 Å². The summed E-state index contributed by atoms with van der Waals surface area (Å²) in [6, 6.07) is 7.54. The third-order valence-electron chi connectivity index (χ3n) is 4.30. The molecule has 0 bridgehead atoms. The van der Waals surface area contributed by atoms with Gasteiger partial charge in [-0.2, -0.15) is 4.98 Å². The third kappa shape index (κ3) is 2.88. The summed E-state index contributed by atoms with van der Waals surface area (Å²) >= 11 is 0. The van der Waals surface area contributed by atoms with E-state index in [1.165, 1.54) is 0 Å². The largest absolute Gasteiger partial charge is 0.475 e. The van der Waals surface area contributed by atoms with Crippen LogP contribution in [0.3, 0.4) is 0 Å². The van der Waals surface area contributed by atoms with Crippen LogP contribution in [0.25, 0.3) is 11.3 Å². The fourth-order valence-corrected chi connectivity index (χ4v) is 3.11. The van der Waals surface area contributed by atoms with E-state index in [4.69, 9.17) is 19.9 Å². The van der Waals surface area contributed by atoms with Gasteiger partial charge in [0.1, 0.15) is 12.7 Å². The normalized spacial score (nSPS) is 19.4. The Morgan fingerprint density at radius 3 is 3.08 bits per heavy atom. The Kier molecular flexibility index (Phi) is 3.95. The van der Waals surface area contributed by atoms with Crippen LogP contribution in [-0.2, 0) is 22.4 Å². The zero-order valence-electron chi connectivity index (χ0n) is 13.2. The highest BCUT2D eigenvalue weighted by Gasteiger charge is 2.20. The molecule has 2 aliphatic heterocycles. The van der Waals surface area contributed by atoms with Crippen molar-refractivity contribution >= 4 is 5.69 Å². The van der Waals surface area contributed by atoms with Crippen LogP contribution in [0, 0.1) is 0 Å². The van der Waals surface area contributed by atoms with E-state index in [0.29, 0.717) is 38.9 Å². The lowest BCUT2D eigenvalue weighted by Gasteiger charge is -2.24. The summed E-state index contributed by atoms with van der Waals surface area (Å²) in [5, 5.41) is 0. The van der Waals surface area contributed by atoms with Crippen molar-refractivity contribution in [3.63, 3.8) is 0 Å². The van der Waals surface area contributed by atoms with E-state index >= 15 is 0 Å². The number of aromatic nitrogens is 2. The first-order valence-electron chi connectivity index (χ1n) is 8.03. The van der Waals surface area contributed by atoms with Crippen LogP contribution in [0.1, 0.15) is 5.56 Å². The second-order valence-electron chi connectivity index (χ2n) is 5.96. The molecule has 0 radical (unpaired) electrons. The minimum atomic E-state index is -0.300. The highest BCUT2D eigenvalue weighted by Crippen LogP contribution is 2.30. The van der Waals surface area contributed by atoms with E-state index in [-0.39, 0.29) is 11.8 Å². The number of aryl methyl sites for hydroxylation is 1. The third-order valence-corrected chi connectivity index (χ3v) is 4.30. The van der Waals surface area contributed by atoms with E-state index in [1.54, 1.807) is 10.6 Å². The number of hydrogen-bond acceptors (Lipinski definition) is 6. The molecular weight excluding hydrogens is 310 g/mol. The van der Waals surface area contributed by atoms with E-state index in [2.05, 4.69) is 4.98 Å². The molecule has 4 rings (SSSR count). The van der Waals surface area contributed by atoms with Crippen molar-refractivity contribution in [3.8, 4) is 17.1 Å². The summed E-state index contributed by atoms with van der Waals surface area (Å²) < 4.78 is 18.2. The predicted octanol–water partition coefficient (Wildman–Crippen LogP) is 0.843. The average Bonchev–Trinajstić information content (AvgIpc) is 2.60. The quantitative estimate of drug-likeness (QED) is 0.840. The standard InChI is InChI=1S/C17H19N3O4/c18-12-1-2-14-11(7-12)3-4-20-15(14)8-16(19-17(20)21)24-10-13-9-22-5-6-23-13/h1-2,7-8,13H,3-6,9-10,18H2/t13-/m0/s1. The van der Waals surface area contributed by atoms with Gasteiger partial charge in [-0.1, -0.05) is 6.07 Å². The molecule has 2 N–H and O–H groups in total. The van der Waals surface area contributed by atoms with Crippen LogP contribution in [-0.4, -0.2) is 42.1 Å². The number of anilines is 1. The Morgan fingerprint density at radius 1 is 1.33 bits per heavy atom. The first-order valence-corrected chi connectivity index (χ1v) is 8.03. The minimum Gasteiger partial charge on any atom is -0.475 e. The number of fused-ring (bicyclic) bond motifs is 3. The molecule has 24 heavy (non-hydrogen) atoms. The Hall–Kier alpha value is -2.38. The van der Waals surface area contributed by atoms with Crippen molar-refractivity contribution in [1.29, 1.82) is 0 Å². The van der Waals surface area contributed by atoms with Gasteiger partial charge in [0.05, 0.1) is 25.5 Å². The van der Waals surface area contributed by atoms with Crippen LogP contribution in [0.15, 0.2) is 29.1 Å². The van der Waals surface area contributed by atoms with Crippen LogP contribution >= 0.6 is 0 Å². The predicted molar refractivity (Wildman–Crippen MR) is 88.1 cm³/mol. The molecule has 0 spiro atoms. The van der Waals surface area contributed by atoms with Gasteiger partial charge in [0.2, 0.25) is 5.88 Å². The van der Waals surface area contributed by atoms with Gasteiger partial charge in [-0.3, -0.25) is 4.57 Å². The Labute approximate surface area is 139 Å². The second kappa shape index (κ2) is 6.26. The van der Waals surface area contributed by atoms with E-state index < -0.39 is 0 Å². The number of nitrogen functional groups attached to an aromatic ring is 1. The van der Waals surface area contributed by atoms with Gasteiger partial charge in [0.25, 0.3) is 0 Å². The zero-order chi connectivity index (χ0) is 16.5. The Bertz CT molecular complexity index is 812. The maximum Gasteiger partial charge on any atom is 0.351 e. The van der Waals surface area contributed by atoms with Gasteiger partial charge in [-0.25, -0.2) is 4.79 Å². The van der Waals surface area contributed by atoms with Gasteiger partial charge in [0.15, 0.2) is 0 Å². The molecule has 0 amide bonds. The minimum absolute atomic E-state index is 0.133. The molecule has 3 heterocycles. The van der Waals surface area contributed by atoms with Crippen LogP contribution in [0.2, 0.25) is 0 Å². The van der Waals surface area contributed by atoms with Gasteiger partial charge >= 0.3 is 5.69 Å². The van der Waals surface area contributed by atoms with Gasteiger partial charge < -0.3 is 19.9 Å². The molecule has 0 unspecified atom stereocenters. The van der Waals surface area contributed by atoms with E-state index in [9.17, 15) is 4.79 Å². The first kappa shape index (κ1) is 15.2. The molecule has 7 nitrogen and oxygen atoms in total. The maximum atomic E-state index is 12.3. The molecule has 1 atom stereocenters. The zero-order valence-corrected chi connectivity index (χ0v) is 13.2. The van der Waals surface area contributed by atoms with Crippen molar-refractivity contribution < 1.29 is 14.2 Å². The first-order chi connectivity index (χ1) is 11.7. The van der Waals surface area contributed by atoms with Crippen molar-refractivity contribution in [3.05, 3.63) is 40.3 Å². The fourth-order valence-electron chi connectivity index (χ4n) is 3.11. The van der Waals surface area contributed by atoms with E-state index in [0.717, 1.165) is 28.9 Å². The average molecular weight is 329 g/mol. The number of hydrogen-bond donors (Lipinski definition) is 1. The highest BCUT2D eigenvalue weighted by atomic mass is 16.6. The molecular formula is C17H19N3O4. The molecule has 0 saturated carbocycles. The summed E-state index contributed by atoms with van der Waals surface area (Å²) in [7, 11) is 0. The maximum absolute atomic E-state index is 12.3. The Balaban J connectivity index is 1.62. The number of rotatable bonds is 3. The number of nitrogens with zero attached hydrogens (tertiary/aromatic N) is 2. The lowest BCUT2D eigenvalue weighted by atomic mass is 9.97. The number of benzene rings is 1. The number of nitrogens with two attached hydrogens (primary N) is 1. The highest BCUT2D eigenvalue weighted by molar-refractivity contribution is 5.69. The second-order valence-corrected chi connectivity index (χ2v) is 5.96. The van der Waals surface area contributed by atoms with Crippen LogP contribution in [0.4, 0.5) is 5.69 Å². The molecule has 1 saturated heterocycles. The smallest absolute Gasteiger partial charge is 0.351 e. The molecule has 2 aliphatic rings. The molecule has 1 aromatic heterocycles. The van der Waals surface area contributed by atoms with Crippen molar-refractivity contribution in [1.82, 2.24) is 9.55 Å².